The van der Waals surface area contributed by atoms with Crippen LogP contribution in [0, 0.1) is 12.3 Å². The highest BCUT2D eigenvalue weighted by Crippen LogP contribution is 2.16. The van der Waals surface area contributed by atoms with E-state index in [1.54, 1.807) is 13.0 Å². The van der Waals surface area contributed by atoms with Crippen molar-refractivity contribution in [3.63, 3.8) is 0 Å². The van der Waals surface area contributed by atoms with Gasteiger partial charge in [-0.2, -0.15) is 0 Å². The molecule has 0 aliphatic carbocycles. The lowest BCUT2D eigenvalue weighted by atomic mass is 10.1. The fraction of sp³-hybridized carbons (Fsp3) is 0.250. The Bertz CT molecular complexity index is 330. The summed E-state index contributed by atoms with van der Waals surface area (Å²) < 4.78 is 0. The van der Waals surface area contributed by atoms with Crippen LogP contribution in [0.25, 0.3) is 0 Å². The summed E-state index contributed by atoms with van der Waals surface area (Å²) in [5.74, 6) is 0.753. The summed E-state index contributed by atoms with van der Waals surface area (Å²) in [6.45, 7) is 3.51. The van der Waals surface area contributed by atoms with Crippen LogP contribution in [-0.4, -0.2) is 10.7 Å². The Morgan fingerprint density at radius 3 is 2.50 bits per heavy atom. The molecule has 1 aromatic rings. The van der Waals surface area contributed by atoms with Gasteiger partial charge in [0.2, 0.25) is 0 Å². The molecular weight excluding hydrogens is 152 g/mol. The molecular formula is C8H12N4. The molecule has 5 N–H and O–H groups in total. The topological polar surface area (TPSA) is 88.8 Å². The highest BCUT2D eigenvalue weighted by Gasteiger charge is 2.05. The molecule has 1 rings (SSSR count). The van der Waals surface area contributed by atoms with Crippen molar-refractivity contribution < 1.29 is 0 Å². The third-order valence-electron chi connectivity index (χ3n) is 1.69. The van der Waals surface area contributed by atoms with Crippen LogP contribution < -0.4 is 11.5 Å². The summed E-state index contributed by atoms with van der Waals surface area (Å²) in [6.07, 6.45) is 0. The summed E-state index contributed by atoms with van der Waals surface area (Å²) in [5.41, 5.74) is 13.0. The number of nitrogens with one attached hydrogen (secondary N) is 1. The fourth-order valence-corrected chi connectivity index (χ4v) is 0.943. The van der Waals surface area contributed by atoms with Crippen LogP contribution in [0.15, 0.2) is 6.07 Å². The van der Waals surface area contributed by atoms with Gasteiger partial charge in [-0.05, 0) is 25.5 Å². The van der Waals surface area contributed by atoms with Crippen LogP contribution in [0.3, 0.4) is 0 Å². The zero-order valence-electron chi connectivity index (χ0n) is 7.18. The number of aryl methyl sites for hydroxylation is 1. The molecule has 0 aliphatic heterocycles. The molecule has 64 valence electrons. The van der Waals surface area contributed by atoms with E-state index in [0.29, 0.717) is 22.9 Å². The first-order valence-electron chi connectivity index (χ1n) is 3.60. The number of hydrogen-bond acceptors (Lipinski definition) is 4. The lowest BCUT2D eigenvalue weighted by Gasteiger charge is -2.05. The summed E-state index contributed by atoms with van der Waals surface area (Å²) in [7, 11) is 0. The zero-order chi connectivity index (χ0) is 9.30. The van der Waals surface area contributed by atoms with Gasteiger partial charge in [0, 0.05) is 11.3 Å². The van der Waals surface area contributed by atoms with Crippen molar-refractivity contribution in [3.8, 4) is 0 Å². The Kier molecular flexibility index (Phi) is 1.99. The van der Waals surface area contributed by atoms with E-state index in [4.69, 9.17) is 16.9 Å². The van der Waals surface area contributed by atoms with Gasteiger partial charge in [-0.15, -0.1) is 0 Å². The number of hydrogen-bond donors (Lipinski definition) is 3. The number of aromatic nitrogens is 1. The minimum absolute atomic E-state index is 0.325. The molecule has 0 bridgehead atoms. The Balaban J connectivity index is 3.33. The first-order chi connectivity index (χ1) is 5.52. The van der Waals surface area contributed by atoms with E-state index in [1.165, 1.54) is 0 Å². The number of rotatable bonds is 1. The third-order valence-corrected chi connectivity index (χ3v) is 1.69. The van der Waals surface area contributed by atoms with E-state index < -0.39 is 0 Å². The van der Waals surface area contributed by atoms with Gasteiger partial charge < -0.3 is 16.9 Å². The predicted molar refractivity (Wildman–Crippen MR) is 50.3 cm³/mol. The molecule has 0 aromatic carbocycles. The van der Waals surface area contributed by atoms with Crippen LogP contribution in [0.5, 0.6) is 0 Å². The fourth-order valence-electron chi connectivity index (χ4n) is 0.943. The van der Waals surface area contributed by atoms with Gasteiger partial charge in [0.05, 0.1) is 0 Å². The summed E-state index contributed by atoms with van der Waals surface area (Å²) in [6, 6.07) is 1.78. The highest BCUT2D eigenvalue weighted by atomic mass is 14.9. The first-order valence-corrected chi connectivity index (χ1v) is 3.60. The molecule has 0 saturated heterocycles. The van der Waals surface area contributed by atoms with Gasteiger partial charge in [-0.3, -0.25) is 0 Å². The average Bonchev–Trinajstić information content (AvgIpc) is 1.96. The monoisotopic (exact) mass is 164 g/mol. The van der Waals surface area contributed by atoms with Crippen LogP contribution in [0.2, 0.25) is 0 Å². The number of nitrogen functional groups attached to an aromatic ring is 2. The van der Waals surface area contributed by atoms with E-state index in [-0.39, 0.29) is 0 Å². The Hall–Kier alpha value is -1.58. The molecule has 1 heterocycles. The molecule has 4 nitrogen and oxygen atoms in total. The van der Waals surface area contributed by atoms with E-state index in [0.717, 1.165) is 5.56 Å². The summed E-state index contributed by atoms with van der Waals surface area (Å²) in [5, 5.41) is 7.38. The van der Waals surface area contributed by atoms with Crippen molar-refractivity contribution in [2.24, 2.45) is 0 Å². The number of pyridine rings is 1. The maximum Gasteiger partial charge on any atom is 0.134 e. The van der Waals surface area contributed by atoms with Gasteiger partial charge in [-0.1, -0.05) is 0 Å². The van der Waals surface area contributed by atoms with Crippen LogP contribution in [0.4, 0.5) is 11.6 Å². The molecule has 0 saturated carbocycles. The van der Waals surface area contributed by atoms with Crippen LogP contribution in [-0.2, 0) is 0 Å². The highest BCUT2D eigenvalue weighted by molar-refractivity contribution is 6.00. The van der Waals surface area contributed by atoms with Crippen molar-refractivity contribution in [1.82, 2.24) is 4.98 Å². The van der Waals surface area contributed by atoms with Gasteiger partial charge in [0.1, 0.15) is 11.6 Å². The van der Waals surface area contributed by atoms with Crippen LogP contribution in [0.1, 0.15) is 18.1 Å². The van der Waals surface area contributed by atoms with Crippen molar-refractivity contribution in [2.75, 3.05) is 11.5 Å². The number of nitrogens with two attached hydrogens (primary N) is 2. The minimum atomic E-state index is 0.325. The SMILES string of the molecule is CC(=N)c1cc(C)c(N)nc1N. The van der Waals surface area contributed by atoms with Gasteiger partial charge in [-0.25, -0.2) is 4.98 Å². The maximum atomic E-state index is 7.38. The number of nitrogens with zero attached hydrogens (tertiary/aromatic N) is 1. The normalized spacial score (nSPS) is 9.83. The second-order valence-corrected chi connectivity index (χ2v) is 2.75. The molecule has 0 aliphatic rings. The minimum Gasteiger partial charge on any atom is -0.383 e. The van der Waals surface area contributed by atoms with Gasteiger partial charge >= 0.3 is 0 Å². The van der Waals surface area contributed by atoms with Gasteiger partial charge in [0.25, 0.3) is 0 Å². The van der Waals surface area contributed by atoms with E-state index in [1.807, 2.05) is 6.92 Å². The molecule has 0 radical (unpaired) electrons. The second kappa shape index (κ2) is 2.81. The first kappa shape index (κ1) is 8.52. The smallest absolute Gasteiger partial charge is 0.134 e. The quantitative estimate of drug-likeness (QED) is 0.540. The molecule has 0 atom stereocenters. The van der Waals surface area contributed by atoms with E-state index in [2.05, 4.69) is 4.98 Å². The zero-order valence-corrected chi connectivity index (χ0v) is 7.18. The molecule has 0 spiro atoms. The lowest BCUT2D eigenvalue weighted by Crippen LogP contribution is -2.06. The summed E-state index contributed by atoms with van der Waals surface area (Å²) >= 11 is 0. The third kappa shape index (κ3) is 1.37. The van der Waals surface area contributed by atoms with E-state index in [9.17, 15) is 0 Å². The predicted octanol–water partition coefficient (Wildman–Crippen LogP) is 0.942. The van der Waals surface area contributed by atoms with Crippen molar-refractivity contribution >= 4 is 17.3 Å². The molecule has 12 heavy (non-hydrogen) atoms. The van der Waals surface area contributed by atoms with Gasteiger partial charge in [0.15, 0.2) is 0 Å². The van der Waals surface area contributed by atoms with Crippen molar-refractivity contribution in [2.45, 2.75) is 13.8 Å². The maximum absolute atomic E-state index is 7.38. The molecule has 0 fully saturated rings. The largest absolute Gasteiger partial charge is 0.383 e. The van der Waals surface area contributed by atoms with Crippen LogP contribution >= 0.6 is 0 Å². The van der Waals surface area contributed by atoms with Crippen molar-refractivity contribution in [3.05, 3.63) is 17.2 Å². The number of anilines is 2. The molecule has 1 aromatic heterocycles. The Morgan fingerprint density at radius 1 is 1.42 bits per heavy atom. The summed E-state index contributed by atoms with van der Waals surface area (Å²) in [4.78, 5) is 3.91. The van der Waals surface area contributed by atoms with E-state index >= 15 is 0 Å². The second-order valence-electron chi connectivity index (χ2n) is 2.75. The molecule has 0 unspecified atom stereocenters. The Labute approximate surface area is 71.1 Å². The van der Waals surface area contributed by atoms with Crippen molar-refractivity contribution in [1.29, 1.82) is 5.41 Å². The molecule has 0 amide bonds. The lowest BCUT2D eigenvalue weighted by molar-refractivity contribution is 1.27. The standard InChI is InChI=1S/C8H12N4/c1-4-3-6(5(2)9)8(11)12-7(4)10/h3,9H,1-2H3,(H4,10,11,12). The average molecular weight is 164 g/mol. The Morgan fingerprint density at radius 2 is 2.00 bits per heavy atom. The molecule has 4 heteroatoms.